The normalized spacial score (nSPS) is 12.4. The number of ether oxygens (including phenoxy) is 1. The molecule has 1 amide bonds. The van der Waals surface area contributed by atoms with Gasteiger partial charge in [-0.15, -0.1) is 0 Å². The molecule has 0 bridgehead atoms. The number of hydrogen-bond acceptors (Lipinski definition) is 2. The second-order valence-electron chi connectivity index (χ2n) is 3.73. The molecule has 1 atom stereocenters. The van der Waals surface area contributed by atoms with E-state index in [1.54, 1.807) is 6.08 Å². The summed E-state index contributed by atoms with van der Waals surface area (Å²) >= 11 is 0. The summed E-state index contributed by atoms with van der Waals surface area (Å²) < 4.78 is 5.36. The summed E-state index contributed by atoms with van der Waals surface area (Å²) in [6.45, 7) is 6.39. The van der Waals surface area contributed by atoms with Crippen molar-refractivity contribution in [3.05, 3.63) is 42.0 Å². The van der Waals surface area contributed by atoms with Crippen LogP contribution in [0.15, 0.2) is 36.4 Å². The number of carbonyl (C=O) groups is 1. The predicted octanol–water partition coefficient (Wildman–Crippen LogP) is 2.84. The summed E-state index contributed by atoms with van der Waals surface area (Å²) in [5.41, 5.74) is 1.06. The molecule has 0 saturated carbocycles. The van der Waals surface area contributed by atoms with E-state index in [0.29, 0.717) is 6.61 Å². The van der Waals surface area contributed by atoms with Crippen LogP contribution in [-0.2, 0) is 4.79 Å². The molecule has 92 valence electrons. The lowest BCUT2D eigenvalue weighted by Gasteiger charge is -2.13. The Morgan fingerprint density at radius 2 is 2.06 bits per heavy atom. The van der Waals surface area contributed by atoms with Gasteiger partial charge >= 0.3 is 0 Å². The van der Waals surface area contributed by atoms with Crippen LogP contribution in [0.5, 0.6) is 5.75 Å². The summed E-state index contributed by atoms with van der Waals surface area (Å²) in [7, 11) is 0. The van der Waals surface area contributed by atoms with E-state index in [9.17, 15) is 4.79 Å². The number of benzene rings is 1. The molecule has 0 spiro atoms. The number of rotatable bonds is 5. The Hall–Kier alpha value is -1.77. The Morgan fingerprint density at radius 1 is 1.41 bits per heavy atom. The number of amides is 1. The van der Waals surface area contributed by atoms with Crippen molar-refractivity contribution in [3.63, 3.8) is 0 Å². The van der Waals surface area contributed by atoms with E-state index in [1.165, 1.54) is 6.08 Å². The highest BCUT2D eigenvalue weighted by Crippen LogP contribution is 2.17. The van der Waals surface area contributed by atoms with Gasteiger partial charge in [-0.05, 0) is 44.5 Å². The van der Waals surface area contributed by atoms with Gasteiger partial charge in [0.2, 0.25) is 5.91 Å². The fraction of sp³-hybridized carbons (Fsp3) is 0.357. The Morgan fingerprint density at radius 3 is 2.59 bits per heavy atom. The van der Waals surface area contributed by atoms with Crippen molar-refractivity contribution in [1.82, 2.24) is 5.32 Å². The second-order valence-corrected chi connectivity index (χ2v) is 3.73. The van der Waals surface area contributed by atoms with E-state index in [4.69, 9.17) is 4.74 Å². The largest absolute Gasteiger partial charge is 0.494 e. The summed E-state index contributed by atoms with van der Waals surface area (Å²) in [5, 5.41) is 2.88. The highest BCUT2D eigenvalue weighted by atomic mass is 16.5. The maximum absolute atomic E-state index is 11.4. The highest BCUT2D eigenvalue weighted by Gasteiger charge is 2.07. The van der Waals surface area contributed by atoms with Gasteiger partial charge in [-0.25, -0.2) is 0 Å². The van der Waals surface area contributed by atoms with Gasteiger partial charge in [0.05, 0.1) is 12.6 Å². The third-order valence-corrected chi connectivity index (χ3v) is 2.37. The highest BCUT2D eigenvalue weighted by molar-refractivity contribution is 5.87. The average Bonchev–Trinajstić information content (AvgIpc) is 2.30. The first-order valence-corrected chi connectivity index (χ1v) is 5.83. The average molecular weight is 233 g/mol. The zero-order valence-electron chi connectivity index (χ0n) is 10.6. The lowest BCUT2D eigenvalue weighted by atomic mass is 10.1. The standard InChI is InChI=1S/C14H19NO2/c1-4-6-14(16)15-11(3)12-7-9-13(10-8-12)17-5-2/h4,6-11H,5H2,1-3H3,(H,15,16). The Bertz CT molecular complexity index is 382. The quantitative estimate of drug-likeness (QED) is 0.794. The van der Waals surface area contributed by atoms with Crippen molar-refractivity contribution in [2.24, 2.45) is 0 Å². The molecule has 1 rings (SSSR count). The van der Waals surface area contributed by atoms with E-state index in [0.717, 1.165) is 11.3 Å². The van der Waals surface area contributed by atoms with Crippen LogP contribution in [0.3, 0.4) is 0 Å². The lowest BCUT2D eigenvalue weighted by Crippen LogP contribution is -2.24. The maximum Gasteiger partial charge on any atom is 0.244 e. The van der Waals surface area contributed by atoms with Gasteiger partial charge in [-0.3, -0.25) is 4.79 Å². The van der Waals surface area contributed by atoms with Crippen LogP contribution in [0, 0.1) is 0 Å². The topological polar surface area (TPSA) is 38.3 Å². The number of nitrogens with one attached hydrogen (secondary N) is 1. The van der Waals surface area contributed by atoms with Gasteiger partial charge in [0.1, 0.15) is 5.75 Å². The molecule has 0 aliphatic carbocycles. The van der Waals surface area contributed by atoms with E-state index in [1.807, 2.05) is 45.0 Å². The molecule has 17 heavy (non-hydrogen) atoms. The van der Waals surface area contributed by atoms with Gasteiger partial charge in [0, 0.05) is 0 Å². The molecule has 3 nitrogen and oxygen atoms in total. The van der Waals surface area contributed by atoms with E-state index in [-0.39, 0.29) is 11.9 Å². The minimum Gasteiger partial charge on any atom is -0.494 e. The van der Waals surface area contributed by atoms with Crippen molar-refractivity contribution in [3.8, 4) is 5.75 Å². The third-order valence-electron chi connectivity index (χ3n) is 2.37. The first-order chi connectivity index (χ1) is 8.17. The third kappa shape index (κ3) is 4.31. The number of allylic oxidation sites excluding steroid dienone is 1. The zero-order valence-corrected chi connectivity index (χ0v) is 10.6. The molecule has 3 heteroatoms. The molecule has 0 radical (unpaired) electrons. The van der Waals surface area contributed by atoms with Crippen LogP contribution in [0.1, 0.15) is 32.4 Å². The molecule has 0 aromatic heterocycles. The molecule has 0 fully saturated rings. The molecule has 1 unspecified atom stereocenters. The molecule has 0 aliphatic rings. The molecule has 0 aliphatic heterocycles. The predicted molar refractivity (Wildman–Crippen MR) is 69.0 cm³/mol. The van der Waals surface area contributed by atoms with Crippen molar-refractivity contribution in [2.45, 2.75) is 26.8 Å². The Kier molecular flexibility index (Phi) is 5.27. The van der Waals surface area contributed by atoms with Crippen LogP contribution in [0.2, 0.25) is 0 Å². The fourth-order valence-corrected chi connectivity index (χ4v) is 1.52. The maximum atomic E-state index is 11.4. The van der Waals surface area contributed by atoms with Gasteiger partial charge in [-0.2, -0.15) is 0 Å². The Labute approximate surface area is 102 Å². The van der Waals surface area contributed by atoms with Crippen LogP contribution in [0.4, 0.5) is 0 Å². The second kappa shape index (κ2) is 6.74. The summed E-state index contributed by atoms with van der Waals surface area (Å²) in [6, 6.07) is 7.75. The first-order valence-electron chi connectivity index (χ1n) is 5.83. The van der Waals surface area contributed by atoms with Crippen molar-refractivity contribution in [1.29, 1.82) is 0 Å². The molecule has 0 heterocycles. The molecule has 0 saturated heterocycles. The van der Waals surface area contributed by atoms with Crippen LogP contribution in [-0.4, -0.2) is 12.5 Å². The minimum absolute atomic E-state index is 0.00521. The number of hydrogen-bond donors (Lipinski definition) is 1. The first kappa shape index (κ1) is 13.3. The van der Waals surface area contributed by atoms with Gasteiger partial charge in [0.15, 0.2) is 0 Å². The fourth-order valence-electron chi connectivity index (χ4n) is 1.52. The molecule has 1 aromatic rings. The van der Waals surface area contributed by atoms with E-state index in [2.05, 4.69) is 5.32 Å². The summed E-state index contributed by atoms with van der Waals surface area (Å²) in [5.74, 6) is 0.775. The van der Waals surface area contributed by atoms with Crippen LogP contribution >= 0.6 is 0 Å². The van der Waals surface area contributed by atoms with Crippen LogP contribution < -0.4 is 10.1 Å². The zero-order chi connectivity index (χ0) is 12.7. The SMILES string of the molecule is CC=CC(=O)NC(C)c1ccc(OCC)cc1. The number of carbonyl (C=O) groups excluding carboxylic acids is 1. The molecular formula is C14H19NO2. The van der Waals surface area contributed by atoms with Gasteiger partial charge in [-0.1, -0.05) is 18.2 Å². The summed E-state index contributed by atoms with van der Waals surface area (Å²) in [6.07, 6.45) is 3.24. The van der Waals surface area contributed by atoms with Crippen LogP contribution in [0.25, 0.3) is 0 Å². The molecular weight excluding hydrogens is 214 g/mol. The Balaban J connectivity index is 2.63. The van der Waals surface area contributed by atoms with Crippen molar-refractivity contribution >= 4 is 5.91 Å². The van der Waals surface area contributed by atoms with Gasteiger partial charge < -0.3 is 10.1 Å². The lowest BCUT2D eigenvalue weighted by molar-refractivity contribution is -0.117. The summed E-state index contributed by atoms with van der Waals surface area (Å²) in [4.78, 5) is 11.4. The van der Waals surface area contributed by atoms with E-state index >= 15 is 0 Å². The molecule has 1 N–H and O–H groups in total. The van der Waals surface area contributed by atoms with Gasteiger partial charge in [0.25, 0.3) is 0 Å². The monoisotopic (exact) mass is 233 g/mol. The smallest absolute Gasteiger partial charge is 0.244 e. The van der Waals surface area contributed by atoms with Crippen molar-refractivity contribution < 1.29 is 9.53 Å². The minimum atomic E-state index is -0.0751. The molecule has 1 aromatic carbocycles. The van der Waals surface area contributed by atoms with E-state index < -0.39 is 0 Å². The van der Waals surface area contributed by atoms with Crippen molar-refractivity contribution in [2.75, 3.05) is 6.61 Å².